The third-order valence-electron chi connectivity index (χ3n) is 9.38. The molecule has 1 saturated heterocycles. The molecule has 0 saturated carbocycles. The summed E-state index contributed by atoms with van der Waals surface area (Å²) in [6.45, 7) is 14.7. The Morgan fingerprint density at radius 2 is 1.45 bits per heavy atom. The number of primary amides is 1. The molecule has 2 N–H and O–H groups in total. The summed E-state index contributed by atoms with van der Waals surface area (Å²) in [6, 6.07) is 18.7. The Kier molecular flexibility index (Phi) is 9.91. The van der Waals surface area contributed by atoms with Crippen LogP contribution in [-0.4, -0.2) is 71.8 Å². The minimum atomic E-state index is -1.05. The molecule has 47 heavy (non-hydrogen) atoms. The molecule has 1 fully saturated rings. The van der Waals surface area contributed by atoms with Crippen LogP contribution in [-0.2, 0) is 21.3 Å². The van der Waals surface area contributed by atoms with E-state index in [1.54, 1.807) is 9.80 Å². The van der Waals surface area contributed by atoms with Gasteiger partial charge in [-0.15, -0.1) is 0 Å². The quantitative estimate of drug-likeness (QED) is 0.278. The van der Waals surface area contributed by atoms with Crippen LogP contribution in [0.25, 0.3) is 0 Å². The standard InChI is InChI=1S/C36H42Cl3N5O3/c1-7-47-30-21-28(34(2,3)4)29(39)20-27(30)32-41-35(5,23-8-12-25(37)13-9-23)36(6,24-10-14-26(38)15-11-24)44(32)33(46)43-18-16-42(17-19-43)22-31(40)45/h8-15,20-21H,7,16-19,22H2,1-6H3,(H2,40,45)/t35-,36+/m0/s1. The Morgan fingerprint density at radius 3 is 1.96 bits per heavy atom. The van der Waals surface area contributed by atoms with E-state index in [4.69, 9.17) is 50.3 Å². The lowest BCUT2D eigenvalue weighted by Crippen LogP contribution is -2.61. The molecular formula is C36H42Cl3N5O3. The zero-order valence-electron chi connectivity index (χ0n) is 27.7. The molecular weight excluding hydrogens is 657 g/mol. The number of urea groups is 1. The van der Waals surface area contributed by atoms with Gasteiger partial charge in [0.05, 0.1) is 18.7 Å². The van der Waals surface area contributed by atoms with Crippen molar-refractivity contribution in [1.29, 1.82) is 0 Å². The van der Waals surface area contributed by atoms with Crippen molar-refractivity contribution >= 4 is 52.6 Å². The molecule has 2 atom stereocenters. The van der Waals surface area contributed by atoms with Gasteiger partial charge in [-0.1, -0.05) is 79.8 Å². The molecule has 0 unspecified atom stereocenters. The van der Waals surface area contributed by atoms with Gasteiger partial charge >= 0.3 is 6.03 Å². The Bertz CT molecular complexity index is 1680. The Hall–Kier alpha value is -3.30. The first kappa shape index (κ1) is 35.0. The highest BCUT2D eigenvalue weighted by molar-refractivity contribution is 6.32. The smallest absolute Gasteiger partial charge is 0.326 e. The van der Waals surface area contributed by atoms with E-state index in [9.17, 15) is 4.79 Å². The Balaban J connectivity index is 1.76. The first-order chi connectivity index (χ1) is 22.1. The van der Waals surface area contributed by atoms with Crippen molar-refractivity contribution in [1.82, 2.24) is 14.7 Å². The average Bonchev–Trinajstić information content (AvgIpc) is 3.25. The van der Waals surface area contributed by atoms with Crippen LogP contribution in [0.1, 0.15) is 63.8 Å². The van der Waals surface area contributed by atoms with Gasteiger partial charge in [-0.05, 0) is 79.3 Å². The first-order valence-electron chi connectivity index (χ1n) is 15.8. The number of halogens is 3. The van der Waals surface area contributed by atoms with E-state index < -0.39 is 17.0 Å². The summed E-state index contributed by atoms with van der Waals surface area (Å²) in [4.78, 5) is 37.7. The van der Waals surface area contributed by atoms with Crippen LogP contribution in [0.15, 0.2) is 65.7 Å². The molecule has 8 nitrogen and oxygen atoms in total. The molecule has 11 heteroatoms. The number of carbonyl (C=O) groups is 2. The maximum atomic E-state index is 15.1. The van der Waals surface area contributed by atoms with Gasteiger partial charge in [0.2, 0.25) is 5.91 Å². The van der Waals surface area contributed by atoms with E-state index in [0.29, 0.717) is 65.0 Å². The molecule has 0 spiro atoms. The van der Waals surface area contributed by atoms with Crippen molar-refractivity contribution in [2.45, 2.75) is 58.0 Å². The van der Waals surface area contributed by atoms with E-state index in [-0.39, 0.29) is 18.0 Å². The van der Waals surface area contributed by atoms with Crippen LogP contribution in [0, 0.1) is 0 Å². The summed E-state index contributed by atoms with van der Waals surface area (Å²) in [5.74, 6) is 0.630. The van der Waals surface area contributed by atoms with E-state index in [1.807, 2.05) is 86.3 Å². The molecule has 0 aromatic heterocycles. The minimum absolute atomic E-state index is 0.145. The predicted molar refractivity (Wildman–Crippen MR) is 190 cm³/mol. The lowest BCUT2D eigenvalue weighted by Gasteiger charge is -2.47. The summed E-state index contributed by atoms with van der Waals surface area (Å²) in [6.07, 6.45) is 0. The molecule has 2 aliphatic heterocycles. The lowest BCUT2D eigenvalue weighted by atomic mass is 9.71. The first-order valence-corrected chi connectivity index (χ1v) is 16.9. The second kappa shape index (κ2) is 13.3. The fraction of sp³-hybridized carbons (Fsp3) is 0.417. The molecule has 0 aliphatic carbocycles. The molecule has 2 heterocycles. The molecule has 250 valence electrons. The molecule has 5 rings (SSSR count). The number of piperazine rings is 1. The topological polar surface area (TPSA) is 91.5 Å². The van der Waals surface area contributed by atoms with Gasteiger partial charge in [0, 0.05) is 41.2 Å². The maximum Gasteiger partial charge on any atom is 0.326 e. The second-order valence-electron chi connectivity index (χ2n) is 13.5. The number of rotatable bonds is 7. The van der Waals surface area contributed by atoms with Crippen LogP contribution >= 0.6 is 34.8 Å². The maximum absolute atomic E-state index is 15.1. The summed E-state index contributed by atoms with van der Waals surface area (Å²) in [5.41, 5.74) is 6.41. The minimum Gasteiger partial charge on any atom is -0.493 e. The van der Waals surface area contributed by atoms with Crippen LogP contribution in [0.2, 0.25) is 15.1 Å². The fourth-order valence-corrected chi connectivity index (χ4v) is 7.30. The van der Waals surface area contributed by atoms with Crippen molar-refractivity contribution < 1.29 is 14.3 Å². The predicted octanol–water partition coefficient (Wildman–Crippen LogP) is 7.46. The average molecular weight is 699 g/mol. The summed E-state index contributed by atoms with van der Waals surface area (Å²) in [5, 5.41) is 1.73. The van der Waals surface area contributed by atoms with E-state index in [2.05, 4.69) is 20.8 Å². The number of hydrogen-bond acceptors (Lipinski definition) is 5. The molecule has 3 aromatic rings. The summed E-state index contributed by atoms with van der Waals surface area (Å²) in [7, 11) is 0. The van der Waals surface area contributed by atoms with E-state index in [0.717, 1.165) is 16.7 Å². The van der Waals surface area contributed by atoms with Gasteiger partial charge in [0.1, 0.15) is 22.7 Å². The highest BCUT2D eigenvalue weighted by Crippen LogP contribution is 2.54. The molecule has 0 radical (unpaired) electrons. The van der Waals surface area contributed by atoms with Gasteiger partial charge in [-0.2, -0.15) is 0 Å². The van der Waals surface area contributed by atoms with Crippen LogP contribution < -0.4 is 10.5 Å². The number of nitrogens with two attached hydrogens (primary N) is 1. The monoisotopic (exact) mass is 697 g/mol. The van der Waals surface area contributed by atoms with Gasteiger partial charge in [0.25, 0.3) is 0 Å². The zero-order valence-corrected chi connectivity index (χ0v) is 30.0. The third kappa shape index (κ3) is 6.58. The van der Waals surface area contributed by atoms with Crippen LogP contribution in [0.3, 0.4) is 0 Å². The third-order valence-corrected chi connectivity index (χ3v) is 10.2. The number of ether oxygens (including phenoxy) is 1. The van der Waals surface area contributed by atoms with Crippen molar-refractivity contribution in [2.24, 2.45) is 10.7 Å². The van der Waals surface area contributed by atoms with Crippen molar-refractivity contribution in [3.63, 3.8) is 0 Å². The van der Waals surface area contributed by atoms with Crippen molar-refractivity contribution in [3.05, 3.63) is 98.0 Å². The molecule has 2 aliphatic rings. The summed E-state index contributed by atoms with van der Waals surface area (Å²) >= 11 is 19.8. The highest BCUT2D eigenvalue weighted by atomic mass is 35.5. The normalized spacial score (nSPS) is 21.9. The molecule has 0 bridgehead atoms. The Morgan fingerprint density at radius 1 is 0.894 bits per heavy atom. The Labute approximate surface area is 292 Å². The van der Waals surface area contributed by atoms with Crippen molar-refractivity contribution in [3.8, 4) is 5.75 Å². The van der Waals surface area contributed by atoms with Gasteiger partial charge < -0.3 is 15.4 Å². The van der Waals surface area contributed by atoms with Gasteiger partial charge in [-0.25, -0.2) is 4.79 Å². The number of benzene rings is 3. The van der Waals surface area contributed by atoms with Crippen molar-refractivity contribution in [2.75, 3.05) is 39.3 Å². The van der Waals surface area contributed by atoms with Crippen LogP contribution in [0.5, 0.6) is 5.75 Å². The van der Waals surface area contributed by atoms with Gasteiger partial charge in [0.15, 0.2) is 0 Å². The second-order valence-corrected chi connectivity index (χ2v) is 14.7. The SMILES string of the molecule is CCOc1cc(C(C)(C)C)c(Cl)cc1C1=N[C@@](C)(c2ccc(Cl)cc2)[C@@](C)(c2ccc(Cl)cc2)N1C(=O)N1CCN(CC(N)=O)CC1. The largest absolute Gasteiger partial charge is 0.493 e. The lowest BCUT2D eigenvalue weighted by molar-refractivity contribution is -0.119. The number of hydrogen-bond donors (Lipinski definition) is 1. The molecule has 3 amide bonds. The zero-order chi connectivity index (χ0) is 34.3. The molecule has 3 aromatic carbocycles. The van der Waals surface area contributed by atoms with E-state index >= 15 is 4.79 Å². The fourth-order valence-electron chi connectivity index (χ4n) is 6.60. The van der Waals surface area contributed by atoms with E-state index in [1.165, 1.54) is 0 Å². The number of nitrogens with zero attached hydrogens (tertiary/aromatic N) is 4. The number of carbonyl (C=O) groups excluding carboxylic acids is 2. The summed E-state index contributed by atoms with van der Waals surface area (Å²) < 4.78 is 6.27. The number of amides is 3. The van der Waals surface area contributed by atoms with Crippen LogP contribution in [0.4, 0.5) is 4.79 Å². The number of aliphatic imine (C=N–C) groups is 1. The number of amidine groups is 1. The highest BCUT2D eigenvalue weighted by Gasteiger charge is 2.60. The van der Waals surface area contributed by atoms with Gasteiger partial charge in [-0.3, -0.25) is 19.6 Å².